The summed E-state index contributed by atoms with van der Waals surface area (Å²) in [6.45, 7) is 0. The summed E-state index contributed by atoms with van der Waals surface area (Å²) in [6, 6.07) is 3.71. The number of ketones is 1. The lowest BCUT2D eigenvalue weighted by Crippen LogP contribution is -2.03. The summed E-state index contributed by atoms with van der Waals surface area (Å²) in [5.74, 6) is 0.0305. The van der Waals surface area contributed by atoms with Crippen LogP contribution in [0.2, 0.25) is 0 Å². The van der Waals surface area contributed by atoms with Crippen molar-refractivity contribution in [3.63, 3.8) is 0 Å². The van der Waals surface area contributed by atoms with E-state index in [4.69, 9.17) is 0 Å². The molecule has 0 fully saturated rings. The van der Waals surface area contributed by atoms with Crippen molar-refractivity contribution < 1.29 is 4.79 Å². The Morgan fingerprint density at radius 3 is 2.81 bits per heavy atom. The van der Waals surface area contributed by atoms with Crippen molar-refractivity contribution in [1.82, 2.24) is 14.8 Å². The van der Waals surface area contributed by atoms with E-state index in [0.29, 0.717) is 12.0 Å². The van der Waals surface area contributed by atoms with Crippen LogP contribution >= 0.6 is 15.9 Å². The predicted molar refractivity (Wildman–Crippen MR) is 63.2 cm³/mol. The standard InChI is InChI=1S/C11H10BrN3O/c1-15-7-8(5-14-15)11(16)4-10-3-2-9(12)6-13-10/h2-3,5-7H,4H2,1H3. The van der Waals surface area contributed by atoms with Gasteiger partial charge in [0, 0.05) is 29.6 Å². The number of hydrogen-bond donors (Lipinski definition) is 0. The van der Waals surface area contributed by atoms with E-state index in [0.717, 1.165) is 10.2 Å². The van der Waals surface area contributed by atoms with Gasteiger partial charge in [0.1, 0.15) is 0 Å². The predicted octanol–water partition coefficient (Wildman–Crippen LogP) is 2.00. The maximum atomic E-state index is 11.8. The molecule has 0 unspecified atom stereocenters. The fourth-order valence-corrected chi connectivity index (χ4v) is 1.58. The summed E-state index contributed by atoms with van der Waals surface area (Å²) in [5.41, 5.74) is 1.38. The largest absolute Gasteiger partial charge is 0.294 e. The summed E-state index contributed by atoms with van der Waals surface area (Å²) in [5, 5.41) is 3.96. The summed E-state index contributed by atoms with van der Waals surface area (Å²) in [6.07, 6.45) is 5.27. The molecule has 16 heavy (non-hydrogen) atoms. The van der Waals surface area contributed by atoms with Crippen LogP contribution in [0.3, 0.4) is 0 Å². The highest BCUT2D eigenvalue weighted by molar-refractivity contribution is 9.10. The average molecular weight is 280 g/mol. The lowest BCUT2D eigenvalue weighted by molar-refractivity contribution is 0.0992. The molecule has 0 aromatic carbocycles. The number of aromatic nitrogens is 3. The molecule has 0 bridgehead atoms. The van der Waals surface area contributed by atoms with Crippen molar-refractivity contribution >= 4 is 21.7 Å². The Labute approximate surface area is 101 Å². The summed E-state index contributed by atoms with van der Waals surface area (Å²) >= 11 is 3.30. The lowest BCUT2D eigenvalue weighted by Gasteiger charge is -1.98. The Kier molecular flexibility index (Phi) is 3.14. The molecule has 0 radical (unpaired) electrons. The molecule has 82 valence electrons. The highest BCUT2D eigenvalue weighted by Crippen LogP contribution is 2.09. The van der Waals surface area contributed by atoms with Gasteiger partial charge in [-0.1, -0.05) is 0 Å². The first kappa shape index (κ1) is 11.0. The smallest absolute Gasteiger partial charge is 0.171 e. The van der Waals surface area contributed by atoms with E-state index in [1.54, 1.807) is 30.3 Å². The number of carbonyl (C=O) groups excluding carboxylic acids is 1. The van der Waals surface area contributed by atoms with Crippen LogP contribution in [0.4, 0.5) is 0 Å². The number of carbonyl (C=O) groups is 1. The maximum Gasteiger partial charge on any atom is 0.171 e. The number of pyridine rings is 1. The third-order valence-electron chi connectivity index (χ3n) is 2.16. The van der Waals surface area contributed by atoms with E-state index >= 15 is 0 Å². The van der Waals surface area contributed by atoms with Crippen LogP contribution in [0.1, 0.15) is 16.1 Å². The summed E-state index contributed by atoms with van der Waals surface area (Å²) < 4.78 is 2.52. The van der Waals surface area contributed by atoms with Gasteiger partial charge in [0.2, 0.25) is 0 Å². The first-order valence-corrected chi connectivity index (χ1v) is 5.57. The van der Waals surface area contributed by atoms with E-state index in [1.807, 2.05) is 12.1 Å². The third kappa shape index (κ3) is 2.55. The van der Waals surface area contributed by atoms with Crippen molar-refractivity contribution in [3.05, 3.63) is 46.5 Å². The molecule has 0 N–H and O–H groups in total. The van der Waals surface area contributed by atoms with E-state index in [9.17, 15) is 4.79 Å². The zero-order valence-electron chi connectivity index (χ0n) is 8.72. The van der Waals surface area contributed by atoms with Crippen molar-refractivity contribution in [2.24, 2.45) is 7.05 Å². The molecule has 0 saturated carbocycles. The molecule has 0 saturated heterocycles. The Morgan fingerprint density at radius 1 is 1.44 bits per heavy atom. The minimum Gasteiger partial charge on any atom is -0.294 e. The van der Waals surface area contributed by atoms with Gasteiger partial charge in [-0.05, 0) is 28.1 Å². The van der Waals surface area contributed by atoms with Crippen LogP contribution in [0, 0.1) is 0 Å². The maximum absolute atomic E-state index is 11.8. The number of nitrogens with zero attached hydrogens (tertiary/aromatic N) is 3. The number of halogens is 1. The Bertz CT molecular complexity index is 504. The highest BCUT2D eigenvalue weighted by atomic mass is 79.9. The van der Waals surface area contributed by atoms with Crippen molar-refractivity contribution in [1.29, 1.82) is 0 Å². The monoisotopic (exact) mass is 279 g/mol. The van der Waals surface area contributed by atoms with Gasteiger partial charge >= 0.3 is 0 Å². The number of hydrogen-bond acceptors (Lipinski definition) is 3. The van der Waals surface area contributed by atoms with Gasteiger partial charge in [0.25, 0.3) is 0 Å². The number of rotatable bonds is 3. The van der Waals surface area contributed by atoms with E-state index in [2.05, 4.69) is 26.0 Å². The third-order valence-corrected chi connectivity index (χ3v) is 2.63. The van der Waals surface area contributed by atoms with Crippen molar-refractivity contribution in [2.75, 3.05) is 0 Å². The average Bonchev–Trinajstić information content (AvgIpc) is 2.68. The Morgan fingerprint density at radius 2 is 2.25 bits per heavy atom. The molecule has 2 rings (SSSR count). The molecule has 0 atom stereocenters. The van der Waals surface area contributed by atoms with Gasteiger partial charge in [-0.3, -0.25) is 14.5 Å². The van der Waals surface area contributed by atoms with Crippen LogP contribution in [-0.4, -0.2) is 20.5 Å². The molecule has 4 nitrogen and oxygen atoms in total. The molecule has 5 heteroatoms. The zero-order valence-corrected chi connectivity index (χ0v) is 10.3. The first-order chi connectivity index (χ1) is 7.65. The minimum atomic E-state index is 0.0305. The first-order valence-electron chi connectivity index (χ1n) is 4.77. The molecule has 2 aromatic heterocycles. The van der Waals surface area contributed by atoms with Gasteiger partial charge < -0.3 is 0 Å². The second-order valence-electron chi connectivity index (χ2n) is 3.47. The SMILES string of the molecule is Cn1cc(C(=O)Cc2ccc(Br)cn2)cn1. The normalized spacial score (nSPS) is 10.4. The van der Waals surface area contributed by atoms with Crippen LogP contribution in [0.25, 0.3) is 0 Å². The van der Waals surface area contributed by atoms with Gasteiger partial charge in [-0.25, -0.2) is 0 Å². The summed E-state index contributed by atoms with van der Waals surface area (Å²) in [4.78, 5) is 16.0. The van der Waals surface area contributed by atoms with Gasteiger partial charge in [-0.2, -0.15) is 5.10 Å². The molecule has 0 spiro atoms. The second kappa shape index (κ2) is 4.57. The lowest BCUT2D eigenvalue weighted by atomic mass is 10.1. The molecule has 2 aromatic rings. The zero-order chi connectivity index (χ0) is 11.5. The van der Waals surface area contributed by atoms with Crippen molar-refractivity contribution in [3.8, 4) is 0 Å². The van der Waals surface area contributed by atoms with Crippen LogP contribution in [0.5, 0.6) is 0 Å². The van der Waals surface area contributed by atoms with E-state index in [1.165, 1.54) is 0 Å². The van der Waals surface area contributed by atoms with Crippen LogP contribution in [-0.2, 0) is 13.5 Å². The molecular weight excluding hydrogens is 270 g/mol. The number of aryl methyl sites for hydroxylation is 1. The Balaban J connectivity index is 2.10. The summed E-state index contributed by atoms with van der Waals surface area (Å²) in [7, 11) is 1.79. The Hall–Kier alpha value is -1.49. The van der Waals surface area contributed by atoms with Crippen LogP contribution < -0.4 is 0 Å². The van der Waals surface area contributed by atoms with E-state index < -0.39 is 0 Å². The topological polar surface area (TPSA) is 47.8 Å². The molecule has 0 aliphatic heterocycles. The molecule has 0 amide bonds. The fraction of sp³-hybridized carbons (Fsp3) is 0.182. The van der Waals surface area contributed by atoms with Gasteiger partial charge in [0.15, 0.2) is 5.78 Å². The fourth-order valence-electron chi connectivity index (χ4n) is 1.34. The molecular formula is C11H10BrN3O. The second-order valence-corrected chi connectivity index (χ2v) is 4.39. The van der Waals surface area contributed by atoms with Crippen LogP contribution in [0.15, 0.2) is 35.2 Å². The molecule has 0 aliphatic rings. The molecule has 2 heterocycles. The van der Waals surface area contributed by atoms with Gasteiger partial charge in [0.05, 0.1) is 18.2 Å². The molecule has 0 aliphatic carbocycles. The van der Waals surface area contributed by atoms with Crippen molar-refractivity contribution in [2.45, 2.75) is 6.42 Å². The number of Topliss-reactive ketones (excluding diaryl/α,β-unsaturated/α-hetero) is 1. The van der Waals surface area contributed by atoms with Gasteiger partial charge in [-0.15, -0.1) is 0 Å². The van der Waals surface area contributed by atoms with E-state index in [-0.39, 0.29) is 5.78 Å². The quantitative estimate of drug-likeness (QED) is 0.808. The highest BCUT2D eigenvalue weighted by Gasteiger charge is 2.09. The minimum absolute atomic E-state index is 0.0305.